The highest BCUT2D eigenvalue weighted by Crippen LogP contribution is 2.51. The number of rotatable bonds is 5. The van der Waals surface area contributed by atoms with E-state index in [1.54, 1.807) is 0 Å². The Labute approximate surface area is 166 Å². The van der Waals surface area contributed by atoms with E-state index in [9.17, 15) is 39.2 Å². The first-order chi connectivity index (χ1) is 12.1. The van der Waals surface area contributed by atoms with Gasteiger partial charge in [-0.25, -0.2) is 8.42 Å². The van der Waals surface area contributed by atoms with E-state index in [0.717, 1.165) is 0 Å². The molecule has 2 rings (SSSR count). The standard InChI is InChI=1S/C14H11Br2F7O3S/c15-7-4-10(16)9(6-8-2-1-3-26-8)11(5-7)27(24,25)14(22,23)12(17,18)13(19,20)21/h4-5,8H,1-3,6H2. The fourth-order valence-corrected chi connectivity index (χ4v) is 5.72. The summed E-state index contributed by atoms with van der Waals surface area (Å²) in [5.74, 6) is -6.78. The fourth-order valence-electron chi connectivity index (χ4n) is 2.52. The van der Waals surface area contributed by atoms with Gasteiger partial charge >= 0.3 is 17.4 Å². The molecule has 154 valence electrons. The topological polar surface area (TPSA) is 43.4 Å². The van der Waals surface area contributed by atoms with E-state index in [0.29, 0.717) is 25.5 Å². The molecule has 1 aromatic rings. The highest BCUT2D eigenvalue weighted by Gasteiger charge is 2.78. The van der Waals surface area contributed by atoms with Crippen LogP contribution in [0.25, 0.3) is 0 Å². The van der Waals surface area contributed by atoms with E-state index in [1.807, 2.05) is 0 Å². The molecule has 1 atom stereocenters. The number of halogens is 9. The largest absolute Gasteiger partial charge is 0.461 e. The van der Waals surface area contributed by atoms with Crippen LogP contribution in [-0.4, -0.2) is 38.5 Å². The van der Waals surface area contributed by atoms with Gasteiger partial charge in [-0.05, 0) is 30.5 Å². The van der Waals surface area contributed by atoms with Gasteiger partial charge in [-0.3, -0.25) is 0 Å². The van der Waals surface area contributed by atoms with Gasteiger partial charge in [-0.2, -0.15) is 30.7 Å². The molecule has 1 aliphatic rings. The van der Waals surface area contributed by atoms with Gasteiger partial charge in [0.05, 0.1) is 11.0 Å². The Morgan fingerprint density at radius 2 is 1.67 bits per heavy atom. The summed E-state index contributed by atoms with van der Waals surface area (Å²) in [6.45, 7) is 0.337. The first-order valence-corrected chi connectivity index (χ1v) is 10.4. The number of hydrogen-bond donors (Lipinski definition) is 0. The molecular formula is C14H11Br2F7O3S. The number of ether oxygens (including phenoxy) is 1. The summed E-state index contributed by atoms with van der Waals surface area (Å²) < 4.78 is 122. The molecule has 3 nitrogen and oxygen atoms in total. The second kappa shape index (κ2) is 7.45. The number of sulfone groups is 1. The van der Waals surface area contributed by atoms with E-state index < -0.39 is 38.2 Å². The summed E-state index contributed by atoms with van der Waals surface area (Å²) >= 11 is 5.78. The second-order valence-corrected chi connectivity index (χ2v) is 9.53. The van der Waals surface area contributed by atoms with Gasteiger partial charge in [-0.15, -0.1) is 0 Å². The highest BCUT2D eigenvalue weighted by molar-refractivity contribution is 9.11. The minimum Gasteiger partial charge on any atom is -0.378 e. The van der Waals surface area contributed by atoms with Gasteiger partial charge < -0.3 is 4.74 Å². The average molecular weight is 552 g/mol. The molecular weight excluding hydrogens is 541 g/mol. The van der Waals surface area contributed by atoms with Crippen molar-refractivity contribution < 1.29 is 43.9 Å². The van der Waals surface area contributed by atoms with E-state index in [1.165, 1.54) is 6.07 Å². The van der Waals surface area contributed by atoms with Crippen LogP contribution in [0.2, 0.25) is 0 Å². The van der Waals surface area contributed by atoms with E-state index >= 15 is 0 Å². The molecule has 1 aliphatic heterocycles. The molecule has 0 amide bonds. The van der Waals surface area contributed by atoms with Crippen LogP contribution in [0.1, 0.15) is 18.4 Å². The third kappa shape index (κ3) is 4.01. The van der Waals surface area contributed by atoms with E-state index in [4.69, 9.17) is 4.74 Å². The SMILES string of the molecule is O=S(=O)(c1cc(Br)cc(Br)c1CC1CCCO1)C(F)(F)C(F)(F)C(F)(F)F. The molecule has 1 saturated heterocycles. The first-order valence-electron chi connectivity index (χ1n) is 7.29. The lowest BCUT2D eigenvalue weighted by Gasteiger charge is -2.28. The second-order valence-electron chi connectivity index (χ2n) is 5.80. The summed E-state index contributed by atoms with van der Waals surface area (Å²) in [5, 5.41) is -6.41. The smallest absolute Gasteiger partial charge is 0.378 e. The third-order valence-electron chi connectivity index (χ3n) is 3.92. The lowest BCUT2D eigenvalue weighted by Crippen LogP contribution is -2.56. The van der Waals surface area contributed by atoms with E-state index in [-0.39, 0.29) is 20.9 Å². The van der Waals surface area contributed by atoms with Gasteiger partial charge in [0.25, 0.3) is 9.84 Å². The van der Waals surface area contributed by atoms with E-state index in [2.05, 4.69) is 31.9 Å². The van der Waals surface area contributed by atoms with Gasteiger partial charge in [0.1, 0.15) is 0 Å². The molecule has 1 heterocycles. The summed E-state index contributed by atoms with van der Waals surface area (Å²) in [5.41, 5.74) is -0.359. The van der Waals surface area contributed by atoms with Crippen LogP contribution >= 0.6 is 31.9 Å². The van der Waals surface area contributed by atoms with Crippen molar-refractivity contribution in [3.63, 3.8) is 0 Å². The summed E-state index contributed by atoms with van der Waals surface area (Å²) in [7, 11) is -6.42. The Morgan fingerprint density at radius 1 is 1.07 bits per heavy atom. The molecule has 0 aromatic heterocycles. The van der Waals surface area contributed by atoms with Crippen molar-refractivity contribution in [1.82, 2.24) is 0 Å². The third-order valence-corrected chi connectivity index (χ3v) is 6.96. The van der Waals surface area contributed by atoms with Crippen LogP contribution in [0.3, 0.4) is 0 Å². The maximum absolute atomic E-state index is 14.0. The maximum atomic E-state index is 14.0. The lowest BCUT2D eigenvalue weighted by molar-refractivity contribution is -0.332. The van der Waals surface area contributed by atoms with Gasteiger partial charge in [-0.1, -0.05) is 31.9 Å². The van der Waals surface area contributed by atoms with Crippen LogP contribution in [0, 0.1) is 0 Å². The summed E-state index contributed by atoms with van der Waals surface area (Å²) in [4.78, 5) is -1.33. The average Bonchev–Trinajstić information content (AvgIpc) is 3.01. The molecule has 0 bridgehead atoms. The van der Waals surface area contributed by atoms with Crippen LogP contribution < -0.4 is 0 Å². The van der Waals surface area contributed by atoms with Crippen molar-refractivity contribution in [2.45, 2.75) is 47.6 Å². The Kier molecular flexibility index (Phi) is 6.31. The van der Waals surface area contributed by atoms with Crippen LogP contribution in [0.15, 0.2) is 26.0 Å². The minimum absolute atomic E-state index is 0.0444. The Balaban J connectivity index is 2.64. The van der Waals surface area contributed by atoms with Gasteiger partial charge in [0.2, 0.25) is 0 Å². The van der Waals surface area contributed by atoms with Crippen molar-refractivity contribution in [2.75, 3.05) is 6.61 Å². The molecule has 0 aliphatic carbocycles. The predicted molar refractivity (Wildman–Crippen MR) is 87.7 cm³/mol. The maximum Gasteiger partial charge on any atom is 0.461 e. The van der Waals surface area contributed by atoms with Crippen LogP contribution in [0.4, 0.5) is 30.7 Å². The van der Waals surface area contributed by atoms with Crippen molar-refractivity contribution >= 4 is 41.7 Å². The number of benzene rings is 1. The normalized spacial score (nSPS) is 19.5. The molecule has 1 unspecified atom stereocenters. The zero-order valence-corrected chi connectivity index (χ0v) is 17.1. The number of hydrogen-bond acceptors (Lipinski definition) is 3. The fraction of sp³-hybridized carbons (Fsp3) is 0.571. The zero-order valence-electron chi connectivity index (χ0n) is 13.1. The molecule has 1 fully saturated rings. The van der Waals surface area contributed by atoms with Crippen molar-refractivity contribution in [3.8, 4) is 0 Å². The zero-order chi connectivity index (χ0) is 20.8. The van der Waals surface area contributed by atoms with Gasteiger partial charge in [0, 0.05) is 22.0 Å². The molecule has 0 spiro atoms. The molecule has 0 radical (unpaired) electrons. The highest BCUT2D eigenvalue weighted by atomic mass is 79.9. The number of alkyl halides is 7. The summed E-state index contributed by atoms with van der Waals surface area (Å²) in [6, 6.07) is 1.84. The van der Waals surface area contributed by atoms with Crippen LogP contribution in [0.5, 0.6) is 0 Å². The lowest BCUT2D eigenvalue weighted by atomic mass is 10.1. The van der Waals surface area contributed by atoms with Crippen LogP contribution in [-0.2, 0) is 21.0 Å². The molecule has 27 heavy (non-hydrogen) atoms. The van der Waals surface area contributed by atoms with Gasteiger partial charge in [0.15, 0.2) is 0 Å². The minimum atomic E-state index is -6.78. The van der Waals surface area contributed by atoms with Crippen molar-refractivity contribution in [1.29, 1.82) is 0 Å². The molecule has 1 aromatic carbocycles. The van der Waals surface area contributed by atoms with Crippen molar-refractivity contribution in [3.05, 3.63) is 26.6 Å². The monoisotopic (exact) mass is 550 g/mol. The molecule has 0 N–H and O–H groups in total. The van der Waals surface area contributed by atoms with Crippen molar-refractivity contribution in [2.24, 2.45) is 0 Å². The molecule has 13 heteroatoms. The Morgan fingerprint density at radius 3 is 2.15 bits per heavy atom. The molecule has 0 saturated carbocycles. The Bertz CT molecular complexity index is 819. The Hall–Kier alpha value is -0.400. The quantitative estimate of drug-likeness (QED) is 0.454. The first kappa shape index (κ1) is 22.9. The predicted octanol–water partition coefficient (Wildman–Crippen LogP) is 5.50. The summed E-state index contributed by atoms with van der Waals surface area (Å²) in [6.07, 6.45) is -6.52.